The van der Waals surface area contributed by atoms with Crippen LogP contribution in [0.5, 0.6) is 11.5 Å². The van der Waals surface area contributed by atoms with Gasteiger partial charge in [-0.1, -0.05) is 0 Å². The predicted octanol–water partition coefficient (Wildman–Crippen LogP) is 2.87. The minimum absolute atomic E-state index is 0.143. The van der Waals surface area contributed by atoms with Crippen LogP contribution in [0, 0.1) is 13.8 Å². The predicted molar refractivity (Wildman–Crippen MR) is 96.5 cm³/mol. The van der Waals surface area contributed by atoms with Crippen molar-refractivity contribution in [1.29, 1.82) is 0 Å². The molecule has 0 spiro atoms. The Hall–Kier alpha value is -2.96. The average Bonchev–Trinajstić information content (AvgIpc) is 2.94. The number of hydrogen-bond donors (Lipinski definition) is 2. The molecule has 2 aromatic rings. The lowest BCUT2D eigenvalue weighted by atomic mass is 10.0. The van der Waals surface area contributed by atoms with Crippen LogP contribution in [0.25, 0.3) is 0 Å². The standard InChI is InChI=1S/C19H22N2O5/c1-10-16(19(23)24-4)11(2)21-17(10)18(22)12(3)20-13-5-6-14-15(9-13)26-8-7-25-14/h5-6,9,12,20-21H,7-8H2,1-4H3/t12-/m1/s1. The van der Waals surface area contributed by atoms with Gasteiger partial charge in [0.05, 0.1) is 24.4 Å². The highest BCUT2D eigenvalue weighted by Crippen LogP contribution is 2.33. The molecule has 3 rings (SSSR count). The number of ether oxygens (including phenoxy) is 3. The van der Waals surface area contributed by atoms with Gasteiger partial charge in [-0.25, -0.2) is 4.79 Å². The van der Waals surface area contributed by atoms with E-state index in [2.05, 4.69) is 10.3 Å². The Labute approximate surface area is 151 Å². The minimum atomic E-state index is -0.500. The second-order valence-corrected chi connectivity index (χ2v) is 6.21. The zero-order chi connectivity index (χ0) is 18.8. The number of carbonyl (C=O) groups excluding carboxylic acids is 2. The molecule has 7 heteroatoms. The summed E-state index contributed by atoms with van der Waals surface area (Å²) in [7, 11) is 1.32. The number of benzene rings is 1. The van der Waals surface area contributed by atoms with Crippen LogP contribution < -0.4 is 14.8 Å². The third kappa shape index (κ3) is 3.24. The van der Waals surface area contributed by atoms with Gasteiger partial charge in [0.15, 0.2) is 11.5 Å². The molecule has 7 nitrogen and oxygen atoms in total. The van der Waals surface area contributed by atoms with Crippen LogP contribution >= 0.6 is 0 Å². The van der Waals surface area contributed by atoms with Crippen LogP contribution in [0.15, 0.2) is 18.2 Å². The molecule has 0 saturated carbocycles. The SMILES string of the molecule is COC(=O)c1c(C)[nH]c(C(=O)[C@@H](C)Nc2ccc3c(c2)OCCO3)c1C. The van der Waals surface area contributed by atoms with E-state index in [4.69, 9.17) is 14.2 Å². The molecule has 0 fully saturated rings. The molecular weight excluding hydrogens is 336 g/mol. The largest absolute Gasteiger partial charge is 0.486 e. The lowest BCUT2D eigenvalue weighted by Crippen LogP contribution is -2.27. The molecule has 138 valence electrons. The van der Waals surface area contributed by atoms with Crippen molar-refractivity contribution in [2.45, 2.75) is 26.8 Å². The third-order valence-corrected chi connectivity index (χ3v) is 4.39. The molecule has 1 aromatic heterocycles. The quantitative estimate of drug-likeness (QED) is 0.631. The summed E-state index contributed by atoms with van der Waals surface area (Å²) in [6.07, 6.45) is 0. The first-order valence-corrected chi connectivity index (χ1v) is 8.40. The summed E-state index contributed by atoms with van der Waals surface area (Å²) in [4.78, 5) is 27.7. The van der Waals surface area contributed by atoms with Gasteiger partial charge in [-0.3, -0.25) is 4.79 Å². The Morgan fingerprint density at radius 3 is 2.58 bits per heavy atom. The average molecular weight is 358 g/mol. The molecule has 0 bridgehead atoms. The Morgan fingerprint density at radius 1 is 1.19 bits per heavy atom. The van der Waals surface area contributed by atoms with Gasteiger partial charge in [0.25, 0.3) is 0 Å². The highest BCUT2D eigenvalue weighted by Gasteiger charge is 2.25. The Bertz CT molecular complexity index is 856. The minimum Gasteiger partial charge on any atom is -0.486 e. The fourth-order valence-corrected chi connectivity index (χ4v) is 3.07. The van der Waals surface area contributed by atoms with Crippen molar-refractivity contribution >= 4 is 17.4 Å². The number of aromatic nitrogens is 1. The fourth-order valence-electron chi connectivity index (χ4n) is 3.07. The topological polar surface area (TPSA) is 89.7 Å². The maximum atomic E-state index is 12.8. The number of carbonyl (C=O) groups is 2. The summed E-state index contributed by atoms with van der Waals surface area (Å²) in [6.45, 7) is 6.28. The van der Waals surface area contributed by atoms with E-state index < -0.39 is 12.0 Å². The molecular formula is C19H22N2O5. The van der Waals surface area contributed by atoms with E-state index in [0.29, 0.717) is 47.2 Å². The summed E-state index contributed by atoms with van der Waals surface area (Å²) in [6, 6.07) is 4.96. The zero-order valence-electron chi connectivity index (χ0n) is 15.3. The van der Waals surface area contributed by atoms with E-state index >= 15 is 0 Å². The van der Waals surface area contributed by atoms with Crippen molar-refractivity contribution in [3.63, 3.8) is 0 Å². The number of aromatic amines is 1. The molecule has 0 amide bonds. The summed E-state index contributed by atoms with van der Waals surface area (Å²) in [5, 5.41) is 3.17. The van der Waals surface area contributed by atoms with Gasteiger partial charge >= 0.3 is 5.97 Å². The second kappa shape index (κ2) is 7.11. The van der Waals surface area contributed by atoms with Gasteiger partial charge in [-0.15, -0.1) is 0 Å². The van der Waals surface area contributed by atoms with Crippen molar-refractivity contribution in [3.05, 3.63) is 40.7 Å². The maximum absolute atomic E-state index is 12.8. The van der Waals surface area contributed by atoms with Crippen molar-refractivity contribution in [3.8, 4) is 11.5 Å². The van der Waals surface area contributed by atoms with Crippen LogP contribution in [0.4, 0.5) is 5.69 Å². The third-order valence-electron chi connectivity index (χ3n) is 4.39. The van der Waals surface area contributed by atoms with E-state index in [1.165, 1.54) is 7.11 Å². The van der Waals surface area contributed by atoms with Crippen LogP contribution in [0.1, 0.15) is 39.0 Å². The highest BCUT2D eigenvalue weighted by molar-refractivity contribution is 6.04. The van der Waals surface area contributed by atoms with E-state index in [9.17, 15) is 9.59 Å². The molecule has 0 radical (unpaired) electrons. The first kappa shape index (κ1) is 17.8. The van der Waals surface area contributed by atoms with Gasteiger partial charge < -0.3 is 24.5 Å². The van der Waals surface area contributed by atoms with Gasteiger partial charge in [0, 0.05) is 17.4 Å². The lowest BCUT2D eigenvalue weighted by molar-refractivity contribution is 0.0599. The number of hydrogen-bond acceptors (Lipinski definition) is 6. The van der Waals surface area contributed by atoms with Crippen molar-refractivity contribution in [2.24, 2.45) is 0 Å². The van der Waals surface area contributed by atoms with Gasteiger partial charge in [-0.05, 0) is 38.5 Å². The number of ketones is 1. The van der Waals surface area contributed by atoms with Crippen LogP contribution in [-0.4, -0.2) is 43.1 Å². The molecule has 2 heterocycles. The number of esters is 1. The zero-order valence-corrected chi connectivity index (χ0v) is 15.3. The van der Waals surface area contributed by atoms with Crippen molar-refractivity contribution in [2.75, 3.05) is 25.6 Å². The van der Waals surface area contributed by atoms with Gasteiger partial charge in [-0.2, -0.15) is 0 Å². The lowest BCUT2D eigenvalue weighted by Gasteiger charge is -2.20. The van der Waals surface area contributed by atoms with E-state index in [1.807, 2.05) is 18.2 Å². The first-order valence-electron chi connectivity index (χ1n) is 8.40. The number of nitrogens with one attached hydrogen (secondary N) is 2. The molecule has 0 saturated heterocycles. The number of H-pyrrole nitrogens is 1. The molecule has 1 aromatic carbocycles. The number of methoxy groups -OCH3 is 1. The molecule has 2 N–H and O–H groups in total. The van der Waals surface area contributed by atoms with Crippen molar-refractivity contribution < 1.29 is 23.8 Å². The van der Waals surface area contributed by atoms with Crippen LogP contribution in [-0.2, 0) is 4.74 Å². The number of fused-ring (bicyclic) bond motifs is 1. The first-order chi connectivity index (χ1) is 12.4. The van der Waals surface area contributed by atoms with Crippen LogP contribution in [0.3, 0.4) is 0 Å². The molecule has 1 aliphatic heterocycles. The summed E-state index contributed by atoms with van der Waals surface area (Å²) >= 11 is 0. The normalized spacial score (nSPS) is 13.8. The van der Waals surface area contributed by atoms with Gasteiger partial charge in [0.1, 0.15) is 13.2 Å². The Kier molecular flexibility index (Phi) is 4.88. The maximum Gasteiger partial charge on any atom is 0.339 e. The monoisotopic (exact) mass is 358 g/mol. The second-order valence-electron chi connectivity index (χ2n) is 6.21. The summed E-state index contributed by atoms with van der Waals surface area (Å²) in [5.74, 6) is 0.749. The number of Topliss-reactive ketones (excluding diaryl/α,β-unsaturated/α-hetero) is 1. The van der Waals surface area contributed by atoms with E-state index in [1.54, 1.807) is 20.8 Å². The summed E-state index contributed by atoms with van der Waals surface area (Å²) in [5.41, 5.74) is 2.77. The number of aryl methyl sites for hydroxylation is 1. The summed E-state index contributed by atoms with van der Waals surface area (Å²) < 4.78 is 15.8. The van der Waals surface area contributed by atoms with Gasteiger partial charge in [0.2, 0.25) is 5.78 Å². The van der Waals surface area contributed by atoms with E-state index in [0.717, 1.165) is 5.69 Å². The number of anilines is 1. The molecule has 1 aliphatic rings. The highest BCUT2D eigenvalue weighted by atomic mass is 16.6. The van der Waals surface area contributed by atoms with Crippen molar-refractivity contribution in [1.82, 2.24) is 4.98 Å². The Balaban J connectivity index is 1.79. The molecule has 0 aliphatic carbocycles. The fraction of sp³-hybridized carbons (Fsp3) is 0.368. The molecule has 26 heavy (non-hydrogen) atoms. The van der Waals surface area contributed by atoms with E-state index in [-0.39, 0.29) is 5.78 Å². The molecule has 1 atom stereocenters. The number of rotatable bonds is 5. The Morgan fingerprint density at radius 2 is 1.88 bits per heavy atom. The van der Waals surface area contributed by atoms with Crippen LogP contribution in [0.2, 0.25) is 0 Å². The smallest absolute Gasteiger partial charge is 0.339 e. The molecule has 0 unspecified atom stereocenters.